The van der Waals surface area contributed by atoms with Crippen LogP contribution >= 0.6 is 0 Å². The number of aliphatic hydroxyl groups is 1. The molecule has 3 aromatic rings. The molecule has 3 aliphatic rings. The number of urea groups is 1. The van der Waals surface area contributed by atoms with Gasteiger partial charge in [0.15, 0.2) is 0 Å². The Morgan fingerprint density at radius 1 is 1.14 bits per heavy atom. The molecular formula is C31H34N4O2. The quantitative estimate of drug-likeness (QED) is 0.498. The van der Waals surface area contributed by atoms with Gasteiger partial charge in [-0.2, -0.15) is 5.26 Å². The van der Waals surface area contributed by atoms with Crippen molar-refractivity contribution in [1.29, 1.82) is 5.26 Å². The molecule has 1 aliphatic heterocycles. The lowest BCUT2D eigenvalue weighted by Crippen LogP contribution is -2.48. The van der Waals surface area contributed by atoms with Gasteiger partial charge in [-0.25, -0.2) is 4.79 Å². The molecule has 2 aliphatic carbocycles. The molecule has 2 saturated carbocycles. The number of nitrogens with zero attached hydrogens (tertiary/aromatic N) is 3. The van der Waals surface area contributed by atoms with Gasteiger partial charge in [0.1, 0.15) is 0 Å². The summed E-state index contributed by atoms with van der Waals surface area (Å²) < 4.78 is 0. The molecule has 6 heteroatoms. The fourth-order valence-electron chi connectivity index (χ4n) is 6.78. The van der Waals surface area contributed by atoms with Crippen molar-refractivity contribution < 1.29 is 9.90 Å². The molecule has 2 N–H and O–H groups in total. The van der Waals surface area contributed by atoms with Gasteiger partial charge in [0.05, 0.1) is 23.4 Å². The molecule has 37 heavy (non-hydrogen) atoms. The number of anilines is 1. The third-order valence-electron chi connectivity index (χ3n) is 8.92. The van der Waals surface area contributed by atoms with E-state index in [2.05, 4.69) is 51.5 Å². The van der Waals surface area contributed by atoms with Gasteiger partial charge in [-0.15, -0.1) is 0 Å². The standard InChI is InChI=1S/C31H34N4O2/c32-20-22-5-3-8-24(17-22)31-13-11-26(18-25(31)19-31)35(16-15-34-14-12-27(36)21-34)30(37)33-29-10-4-7-23-6-1-2-9-28(23)29/h1-10,17,25-27,36H,11-16,18-19,21H2,(H,33,37)/t25?,26?,27-,31-/m1/s1. The maximum absolute atomic E-state index is 13.8. The van der Waals surface area contributed by atoms with Gasteiger partial charge in [-0.05, 0) is 72.6 Å². The largest absolute Gasteiger partial charge is 0.392 e. The van der Waals surface area contributed by atoms with Gasteiger partial charge in [0.25, 0.3) is 0 Å². The SMILES string of the molecule is N#Cc1cccc([C@]23CCC(N(CCN4CC[C@@H](O)C4)C(=O)Nc4cccc5ccccc45)CC2C3)c1. The molecule has 0 bridgehead atoms. The molecule has 3 fully saturated rings. The van der Waals surface area contributed by atoms with E-state index in [4.69, 9.17) is 0 Å². The van der Waals surface area contributed by atoms with Crippen molar-refractivity contribution in [3.63, 3.8) is 0 Å². The Morgan fingerprint density at radius 3 is 2.78 bits per heavy atom. The van der Waals surface area contributed by atoms with Gasteiger partial charge >= 0.3 is 6.03 Å². The van der Waals surface area contributed by atoms with Crippen LogP contribution in [0.3, 0.4) is 0 Å². The van der Waals surface area contributed by atoms with Crippen molar-refractivity contribution in [1.82, 2.24) is 9.80 Å². The first kappa shape index (κ1) is 24.0. The predicted octanol–water partition coefficient (Wildman–Crippen LogP) is 5.12. The van der Waals surface area contributed by atoms with E-state index in [1.807, 2.05) is 36.4 Å². The van der Waals surface area contributed by atoms with Crippen molar-refractivity contribution >= 4 is 22.5 Å². The summed E-state index contributed by atoms with van der Waals surface area (Å²) in [5.74, 6) is 0.543. The van der Waals surface area contributed by atoms with Crippen LogP contribution < -0.4 is 5.32 Å². The van der Waals surface area contributed by atoms with E-state index in [-0.39, 0.29) is 23.6 Å². The molecule has 2 unspecified atom stereocenters. The summed E-state index contributed by atoms with van der Waals surface area (Å²) >= 11 is 0. The van der Waals surface area contributed by atoms with E-state index < -0.39 is 0 Å². The van der Waals surface area contributed by atoms with Crippen molar-refractivity contribution in [3.05, 3.63) is 77.9 Å². The zero-order valence-corrected chi connectivity index (χ0v) is 21.1. The molecule has 6 nitrogen and oxygen atoms in total. The molecule has 0 radical (unpaired) electrons. The van der Waals surface area contributed by atoms with E-state index in [1.165, 1.54) is 5.56 Å². The summed E-state index contributed by atoms with van der Waals surface area (Å²) in [6.45, 7) is 2.99. The summed E-state index contributed by atoms with van der Waals surface area (Å²) in [7, 11) is 0. The van der Waals surface area contributed by atoms with E-state index in [0.717, 1.165) is 67.2 Å². The fraction of sp³-hybridized carbons (Fsp3) is 0.419. The van der Waals surface area contributed by atoms with Gasteiger partial charge < -0.3 is 15.3 Å². The molecule has 6 rings (SSSR count). The Kier molecular flexibility index (Phi) is 6.36. The summed E-state index contributed by atoms with van der Waals surface area (Å²) in [5.41, 5.74) is 3.02. The Morgan fingerprint density at radius 2 is 1.97 bits per heavy atom. The lowest BCUT2D eigenvalue weighted by atomic mass is 9.80. The molecule has 3 aromatic carbocycles. The predicted molar refractivity (Wildman–Crippen MR) is 145 cm³/mol. The second kappa shape index (κ2) is 9.81. The second-order valence-corrected chi connectivity index (χ2v) is 11.1. The minimum Gasteiger partial charge on any atom is -0.392 e. The second-order valence-electron chi connectivity index (χ2n) is 11.1. The maximum Gasteiger partial charge on any atom is 0.322 e. The summed E-state index contributed by atoms with van der Waals surface area (Å²) in [4.78, 5) is 18.1. The number of rotatable bonds is 6. The number of carbonyl (C=O) groups is 1. The average molecular weight is 495 g/mol. The van der Waals surface area contributed by atoms with Gasteiger partial charge in [-0.1, -0.05) is 48.5 Å². The van der Waals surface area contributed by atoms with E-state index in [1.54, 1.807) is 0 Å². The molecular weight excluding hydrogens is 460 g/mol. The van der Waals surface area contributed by atoms with Crippen LogP contribution in [0.25, 0.3) is 10.8 Å². The van der Waals surface area contributed by atoms with Gasteiger partial charge in [0.2, 0.25) is 0 Å². The van der Waals surface area contributed by atoms with Crippen LogP contribution in [0.15, 0.2) is 66.7 Å². The number of carbonyl (C=O) groups excluding carboxylic acids is 1. The smallest absolute Gasteiger partial charge is 0.322 e. The van der Waals surface area contributed by atoms with E-state index in [0.29, 0.717) is 19.0 Å². The molecule has 190 valence electrons. The van der Waals surface area contributed by atoms with E-state index >= 15 is 0 Å². The van der Waals surface area contributed by atoms with Crippen LogP contribution in [0.1, 0.15) is 43.2 Å². The number of hydrogen-bond acceptors (Lipinski definition) is 4. The minimum absolute atomic E-state index is 0.0410. The Bertz CT molecular complexity index is 1350. The van der Waals surface area contributed by atoms with Gasteiger partial charge in [-0.3, -0.25) is 4.90 Å². The van der Waals surface area contributed by atoms with Crippen LogP contribution in [0.5, 0.6) is 0 Å². The topological polar surface area (TPSA) is 79.6 Å². The molecule has 0 spiro atoms. The molecule has 1 saturated heterocycles. The Hall–Kier alpha value is -3.40. The Labute approximate surface area is 218 Å². The van der Waals surface area contributed by atoms with Crippen LogP contribution in [0.4, 0.5) is 10.5 Å². The molecule has 4 atom stereocenters. The first-order valence-corrected chi connectivity index (χ1v) is 13.5. The number of amides is 2. The number of likely N-dealkylation sites (tertiary alicyclic amines) is 1. The summed E-state index contributed by atoms with van der Waals surface area (Å²) in [5, 5.41) is 24.7. The van der Waals surface area contributed by atoms with Crippen LogP contribution in [-0.2, 0) is 5.41 Å². The monoisotopic (exact) mass is 494 g/mol. The first-order valence-electron chi connectivity index (χ1n) is 13.5. The third kappa shape index (κ3) is 4.70. The normalized spacial score (nSPS) is 26.9. The van der Waals surface area contributed by atoms with Crippen molar-refractivity contribution in [2.24, 2.45) is 5.92 Å². The fourth-order valence-corrected chi connectivity index (χ4v) is 6.78. The highest BCUT2D eigenvalue weighted by molar-refractivity contribution is 6.01. The van der Waals surface area contributed by atoms with Crippen molar-refractivity contribution in [2.75, 3.05) is 31.5 Å². The van der Waals surface area contributed by atoms with E-state index in [9.17, 15) is 15.2 Å². The van der Waals surface area contributed by atoms with Crippen LogP contribution in [0.2, 0.25) is 0 Å². The van der Waals surface area contributed by atoms with Gasteiger partial charge in [0, 0.05) is 37.6 Å². The molecule has 1 heterocycles. The lowest BCUT2D eigenvalue weighted by Gasteiger charge is -2.37. The molecule has 0 aromatic heterocycles. The number of nitrogens with one attached hydrogen (secondary N) is 1. The summed E-state index contributed by atoms with van der Waals surface area (Å²) in [6.07, 6.45) is 4.66. The minimum atomic E-state index is -0.260. The zero-order chi connectivity index (χ0) is 25.4. The lowest BCUT2D eigenvalue weighted by molar-refractivity contribution is 0.142. The zero-order valence-electron chi connectivity index (χ0n) is 21.1. The van der Waals surface area contributed by atoms with Crippen LogP contribution in [-0.4, -0.2) is 59.3 Å². The maximum atomic E-state index is 13.8. The highest BCUT2D eigenvalue weighted by atomic mass is 16.3. The number of hydrogen-bond donors (Lipinski definition) is 2. The first-order chi connectivity index (χ1) is 18.1. The average Bonchev–Trinajstić information content (AvgIpc) is 3.53. The Balaban J connectivity index is 1.20. The number of β-amino-alcohol motifs (C(OH)–C–C–N with tert-alkyl or cyclic N) is 1. The number of fused-ring (bicyclic) bond motifs is 2. The van der Waals surface area contributed by atoms with Crippen molar-refractivity contribution in [3.8, 4) is 6.07 Å². The van der Waals surface area contributed by atoms with Crippen molar-refractivity contribution in [2.45, 2.75) is 49.7 Å². The number of aliphatic hydroxyl groups excluding tert-OH is 1. The highest BCUT2D eigenvalue weighted by Gasteiger charge is 2.58. The third-order valence-corrected chi connectivity index (χ3v) is 8.92. The molecule has 2 amide bonds. The van der Waals surface area contributed by atoms with Crippen LogP contribution in [0, 0.1) is 17.2 Å². The summed E-state index contributed by atoms with van der Waals surface area (Å²) in [6, 6.07) is 24.7. The number of nitriles is 1. The highest BCUT2D eigenvalue weighted by Crippen LogP contribution is 2.62. The number of benzene rings is 3.